The largest absolute Gasteiger partial charge is 0.312 e. The van der Waals surface area contributed by atoms with Gasteiger partial charge in [-0.3, -0.25) is 0 Å². The van der Waals surface area contributed by atoms with Crippen LogP contribution in [0.1, 0.15) is 35.7 Å². The third kappa shape index (κ3) is 4.36. The molecule has 2 aromatic heterocycles. The quantitative estimate of drug-likeness (QED) is 0.195. The second kappa shape index (κ2) is 11.3. The Balaban J connectivity index is 1.37. The van der Waals surface area contributed by atoms with Gasteiger partial charge >= 0.3 is 0 Å². The van der Waals surface area contributed by atoms with E-state index >= 15 is 0 Å². The molecule has 0 bridgehead atoms. The van der Waals surface area contributed by atoms with Crippen molar-refractivity contribution in [1.29, 1.82) is 10.5 Å². The van der Waals surface area contributed by atoms with Crippen molar-refractivity contribution in [2.24, 2.45) is 0 Å². The van der Waals surface area contributed by atoms with Gasteiger partial charge in [-0.25, -0.2) is 0 Å². The number of nitrogens with zero attached hydrogens (tertiary/aromatic N) is 4. The average Bonchev–Trinajstić information content (AvgIpc) is 3.67. The second-order valence-corrected chi connectivity index (χ2v) is 12.8. The fraction of sp³-hybridized carbons (Fsp3) is 0.0667. The van der Waals surface area contributed by atoms with Crippen molar-refractivity contribution in [3.05, 3.63) is 161 Å². The summed E-state index contributed by atoms with van der Waals surface area (Å²) in [6.07, 6.45) is 4.25. The number of aromatic nitrogens is 2. The molecule has 8 aromatic rings. The Morgan fingerprint density at radius 3 is 2.10 bits per heavy atom. The molecule has 0 fully saturated rings. The zero-order valence-electron chi connectivity index (χ0n) is 27.0. The summed E-state index contributed by atoms with van der Waals surface area (Å²) in [4.78, 5) is 0. The van der Waals surface area contributed by atoms with E-state index in [1.165, 1.54) is 33.0 Å². The standard InChI is InChI=1S/C45H30N4/c1-29-23-24-42-39(25-29)44-36(17-10-22-43(44)49(42)40-20-6-2-12-31(40)28-47)33-14-3-4-15-34(33)37-18-9-19-38-35-16-5-7-21-41(35)48(45(37)38)32-13-8-11-30(26-32)27-46/h2-22,25-26H,23-24H2,1H3. The average molecular weight is 627 g/mol. The Bertz CT molecular complexity index is 2760. The second-order valence-electron chi connectivity index (χ2n) is 12.8. The molecule has 0 saturated carbocycles. The molecular formula is C45H30N4. The summed E-state index contributed by atoms with van der Waals surface area (Å²) in [7, 11) is 0. The molecule has 0 atom stereocenters. The third-order valence-corrected chi connectivity index (χ3v) is 9.98. The number of para-hydroxylation sites is 3. The summed E-state index contributed by atoms with van der Waals surface area (Å²) in [5, 5.41) is 23.4. The van der Waals surface area contributed by atoms with Gasteiger partial charge in [-0.05, 0) is 78.9 Å². The molecule has 230 valence electrons. The van der Waals surface area contributed by atoms with E-state index in [9.17, 15) is 10.5 Å². The van der Waals surface area contributed by atoms with Crippen LogP contribution in [0.5, 0.6) is 0 Å². The van der Waals surface area contributed by atoms with E-state index in [4.69, 9.17) is 0 Å². The van der Waals surface area contributed by atoms with Crippen LogP contribution in [0.3, 0.4) is 0 Å². The SMILES string of the molecule is CC1=Cc2c(n(-c3ccccc3C#N)c3cccc(-c4ccccc4-c4cccc5c6ccccc6n(-c6cccc(C#N)c6)c45)c23)CC1. The van der Waals surface area contributed by atoms with Crippen molar-refractivity contribution in [1.82, 2.24) is 9.13 Å². The van der Waals surface area contributed by atoms with Crippen LogP contribution in [0.25, 0.3) is 72.4 Å². The lowest BCUT2D eigenvalue weighted by atomic mass is 9.89. The number of hydrogen-bond donors (Lipinski definition) is 0. The molecule has 0 aliphatic heterocycles. The molecule has 4 heteroatoms. The Morgan fingerprint density at radius 2 is 1.24 bits per heavy atom. The molecule has 1 aliphatic rings. The van der Waals surface area contributed by atoms with Crippen LogP contribution in [-0.2, 0) is 6.42 Å². The first-order valence-corrected chi connectivity index (χ1v) is 16.6. The maximum atomic E-state index is 10.1. The number of nitriles is 2. The van der Waals surface area contributed by atoms with Crippen LogP contribution < -0.4 is 0 Å². The maximum Gasteiger partial charge on any atom is 0.101 e. The van der Waals surface area contributed by atoms with Gasteiger partial charge in [-0.15, -0.1) is 0 Å². The lowest BCUT2D eigenvalue weighted by Crippen LogP contribution is -2.05. The van der Waals surface area contributed by atoms with Gasteiger partial charge in [0.25, 0.3) is 0 Å². The summed E-state index contributed by atoms with van der Waals surface area (Å²) in [5.41, 5.74) is 14.9. The molecular weight excluding hydrogens is 597 g/mol. The predicted octanol–water partition coefficient (Wildman–Crippen LogP) is 11.2. The van der Waals surface area contributed by atoms with Crippen molar-refractivity contribution in [2.45, 2.75) is 19.8 Å². The van der Waals surface area contributed by atoms with E-state index in [0.29, 0.717) is 11.1 Å². The molecule has 6 aromatic carbocycles. The summed E-state index contributed by atoms with van der Waals surface area (Å²) in [6, 6.07) is 50.9. The van der Waals surface area contributed by atoms with E-state index in [1.807, 2.05) is 36.4 Å². The fourth-order valence-corrected chi connectivity index (χ4v) is 7.89. The molecule has 0 unspecified atom stereocenters. The van der Waals surface area contributed by atoms with Gasteiger partial charge < -0.3 is 9.13 Å². The first kappa shape index (κ1) is 28.6. The molecule has 9 rings (SSSR count). The molecule has 0 radical (unpaired) electrons. The van der Waals surface area contributed by atoms with Crippen molar-refractivity contribution < 1.29 is 0 Å². The highest BCUT2D eigenvalue weighted by Crippen LogP contribution is 2.46. The van der Waals surface area contributed by atoms with Crippen molar-refractivity contribution in [3.8, 4) is 45.8 Å². The zero-order chi connectivity index (χ0) is 33.1. The molecule has 1 aliphatic carbocycles. The topological polar surface area (TPSA) is 57.4 Å². The number of hydrogen-bond acceptors (Lipinski definition) is 2. The lowest BCUT2D eigenvalue weighted by Gasteiger charge is -2.16. The summed E-state index contributed by atoms with van der Waals surface area (Å²) < 4.78 is 4.63. The highest BCUT2D eigenvalue weighted by Gasteiger charge is 2.25. The minimum absolute atomic E-state index is 0.628. The van der Waals surface area contributed by atoms with Gasteiger partial charge in [0.15, 0.2) is 0 Å². The molecule has 0 N–H and O–H groups in total. The first-order valence-electron chi connectivity index (χ1n) is 16.6. The highest BCUT2D eigenvalue weighted by molar-refractivity contribution is 6.15. The van der Waals surface area contributed by atoms with Crippen molar-refractivity contribution in [2.75, 3.05) is 0 Å². The van der Waals surface area contributed by atoms with Crippen molar-refractivity contribution >= 4 is 38.8 Å². The van der Waals surface area contributed by atoms with Gasteiger partial charge in [0.05, 0.1) is 39.4 Å². The molecule has 0 saturated heterocycles. The lowest BCUT2D eigenvalue weighted by molar-refractivity contribution is 0.855. The highest BCUT2D eigenvalue weighted by atomic mass is 15.0. The summed E-state index contributed by atoms with van der Waals surface area (Å²) in [6.45, 7) is 2.22. The van der Waals surface area contributed by atoms with Crippen LogP contribution in [-0.4, -0.2) is 9.13 Å². The van der Waals surface area contributed by atoms with Gasteiger partial charge in [0.1, 0.15) is 6.07 Å². The predicted molar refractivity (Wildman–Crippen MR) is 200 cm³/mol. The van der Waals surface area contributed by atoms with Crippen LogP contribution in [0, 0.1) is 22.7 Å². The van der Waals surface area contributed by atoms with Gasteiger partial charge in [0.2, 0.25) is 0 Å². The normalized spacial score (nSPS) is 12.5. The van der Waals surface area contributed by atoms with E-state index < -0.39 is 0 Å². The number of rotatable bonds is 4. The Labute approximate surface area is 284 Å². The smallest absolute Gasteiger partial charge is 0.101 e. The molecule has 49 heavy (non-hydrogen) atoms. The van der Waals surface area contributed by atoms with E-state index in [1.54, 1.807) is 0 Å². The zero-order valence-corrected chi connectivity index (χ0v) is 27.0. The van der Waals surface area contributed by atoms with Crippen LogP contribution >= 0.6 is 0 Å². The monoisotopic (exact) mass is 626 g/mol. The van der Waals surface area contributed by atoms with Crippen LogP contribution in [0.2, 0.25) is 0 Å². The molecule has 0 amide bonds. The van der Waals surface area contributed by atoms with Crippen LogP contribution in [0.15, 0.2) is 139 Å². The number of benzene rings is 6. The van der Waals surface area contributed by atoms with Gasteiger partial charge in [-0.1, -0.05) is 103 Å². The minimum Gasteiger partial charge on any atom is -0.312 e. The van der Waals surface area contributed by atoms with Gasteiger partial charge in [0, 0.05) is 38.7 Å². The first-order chi connectivity index (χ1) is 24.2. The van der Waals surface area contributed by atoms with E-state index in [2.05, 4.69) is 131 Å². The number of allylic oxidation sites excluding steroid dienone is 1. The minimum atomic E-state index is 0.628. The summed E-state index contributed by atoms with van der Waals surface area (Å²) in [5.74, 6) is 0. The summed E-state index contributed by atoms with van der Waals surface area (Å²) >= 11 is 0. The Kier molecular flexibility index (Phi) is 6.57. The molecule has 0 spiro atoms. The number of fused-ring (bicyclic) bond motifs is 6. The van der Waals surface area contributed by atoms with E-state index in [0.717, 1.165) is 63.0 Å². The van der Waals surface area contributed by atoms with Crippen molar-refractivity contribution in [3.63, 3.8) is 0 Å². The Hall–Kier alpha value is -6.62. The van der Waals surface area contributed by atoms with Gasteiger partial charge in [-0.2, -0.15) is 10.5 Å². The fourth-order valence-electron chi connectivity index (χ4n) is 7.89. The maximum absolute atomic E-state index is 10.1. The molecule has 4 nitrogen and oxygen atoms in total. The molecule has 2 heterocycles. The Morgan fingerprint density at radius 1 is 0.571 bits per heavy atom. The van der Waals surface area contributed by atoms with E-state index in [-0.39, 0.29) is 0 Å². The van der Waals surface area contributed by atoms with Crippen LogP contribution in [0.4, 0.5) is 0 Å². The third-order valence-electron chi connectivity index (χ3n) is 9.98.